The number of anilines is 1. The number of nitrogen functional groups attached to an aromatic ring is 1. The molecule has 0 amide bonds. The molecule has 0 fully saturated rings. The van der Waals surface area contributed by atoms with Gasteiger partial charge in [0.25, 0.3) is 5.56 Å². The number of rotatable bonds is 1. The Morgan fingerprint density at radius 1 is 1.29 bits per heavy atom. The number of para-hydroxylation sites is 1. The molecule has 1 heterocycles. The smallest absolute Gasteiger partial charge is 0.332 e. The molecule has 2 aromatic rings. The van der Waals surface area contributed by atoms with Crippen molar-refractivity contribution >= 4 is 5.69 Å². The van der Waals surface area contributed by atoms with E-state index in [2.05, 4.69) is 4.98 Å². The van der Waals surface area contributed by atoms with Crippen LogP contribution in [0.15, 0.2) is 40.1 Å². The first kappa shape index (κ1) is 10.7. The molecular formula is C11H8N4O2. The number of hydrogen-bond donors (Lipinski definition) is 2. The highest BCUT2D eigenvalue weighted by Crippen LogP contribution is 2.18. The van der Waals surface area contributed by atoms with Crippen LogP contribution in [0.3, 0.4) is 0 Å². The van der Waals surface area contributed by atoms with Crippen LogP contribution in [0.5, 0.6) is 0 Å². The van der Waals surface area contributed by atoms with Gasteiger partial charge in [0.2, 0.25) is 0 Å². The Morgan fingerprint density at radius 2 is 2.06 bits per heavy atom. The quantitative estimate of drug-likeness (QED) is 0.669. The molecule has 0 aliphatic carbocycles. The van der Waals surface area contributed by atoms with Crippen LogP contribution in [0.1, 0.15) is 5.56 Å². The Bertz CT molecular complexity index is 721. The zero-order valence-electron chi connectivity index (χ0n) is 8.68. The van der Waals surface area contributed by atoms with Gasteiger partial charge in [0.05, 0.1) is 16.9 Å². The maximum atomic E-state index is 11.6. The minimum Gasteiger partial charge on any atom is -0.396 e. The lowest BCUT2D eigenvalue weighted by Gasteiger charge is -2.08. The van der Waals surface area contributed by atoms with E-state index in [4.69, 9.17) is 11.0 Å². The molecule has 0 atom stereocenters. The van der Waals surface area contributed by atoms with Gasteiger partial charge in [-0.1, -0.05) is 6.07 Å². The second-order valence-corrected chi connectivity index (χ2v) is 3.33. The van der Waals surface area contributed by atoms with Gasteiger partial charge in [-0.15, -0.1) is 0 Å². The van der Waals surface area contributed by atoms with E-state index in [1.165, 1.54) is 16.8 Å². The van der Waals surface area contributed by atoms with Crippen molar-refractivity contribution in [3.8, 4) is 11.8 Å². The van der Waals surface area contributed by atoms with Crippen LogP contribution in [0.4, 0.5) is 5.69 Å². The summed E-state index contributed by atoms with van der Waals surface area (Å²) in [7, 11) is 0. The fraction of sp³-hybridized carbons (Fsp3) is 0. The van der Waals surface area contributed by atoms with Crippen molar-refractivity contribution < 1.29 is 0 Å². The zero-order valence-corrected chi connectivity index (χ0v) is 8.68. The highest BCUT2D eigenvalue weighted by molar-refractivity contribution is 5.66. The molecule has 0 spiro atoms. The van der Waals surface area contributed by atoms with Gasteiger partial charge in [-0.25, -0.2) is 4.79 Å². The lowest BCUT2D eigenvalue weighted by molar-refractivity contribution is 0.898. The van der Waals surface area contributed by atoms with Crippen LogP contribution >= 0.6 is 0 Å². The summed E-state index contributed by atoms with van der Waals surface area (Å²) in [5.74, 6) is 0. The van der Waals surface area contributed by atoms with Gasteiger partial charge in [0.1, 0.15) is 6.07 Å². The topological polar surface area (TPSA) is 105 Å². The minimum absolute atomic E-state index is 0.198. The van der Waals surface area contributed by atoms with E-state index >= 15 is 0 Å². The number of hydrogen-bond acceptors (Lipinski definition) is 4. The van der Waals surface area contributed by atoms with Crippen LogP contribution < -0.4 is 17.0 Å². The number of aromatic amines is 1. The van der Waals surface area contributed by atoms with E-state index in [0.29, 0.717) is 5.69 Å². The van der Waals surface area contributed by atoms with E-state index in [1.807, 2.05) is 6.07 Å². The molecule has 0 radical (unpaired) electrons. The maximum Gasteiger partial charge on any atom is 0.332 e. The fourth-order valence-corrected chi connectivity index (χ4v) is 1.47. The normalized spacial score (nSPS) is 9.82. The summed E-state index contributed by atoms with van der Waals surface area (Å²) >= 11 is 0. The molecular weight excluding hydrogens is 220 g/mol. The van der Waals surface area contributed by atoms with Crippen molar-refractivity contribution in [1.82, 2.24) is 9.55 Å². The summed E-state index contributed by atoms with van der Waals surface area (Å²) in [5, 5.41) is 8.83. The van der Waals surface area contributed by atoms with Crippen LogP contribution in [0.2, 0.25) is 0 Å². The van der Waals surface area contributed by atoms with Gasteiger partial charge in [0.15, 0.2) is 0 Å². The molecule has 0 bridgehead atoms. The van der Waals surface area contributed by atoms with Crippen LogP contribution in [-0.2, 0) is 0 Å². The highest BCUT2D eigenvalue weighted by atomic mass is 16.2. The third-order valence-electron chi connectivity index (χ3n) is 2.29. The fourth-order valence-electron chi connectivity index (χ4n) is 1.47. The number of nitrogens with zero attached hydrogens (tertiary/aromatic N) is 2. The predicted molar refractivity (Wildman–Crippen MR) is 61.8 cm³/mol. The van der Waals surface area contributed by atoms with E-state index in [1.54, 1.807) is 18.2 Å². The van der Waals surface area contributed by atoms with Crippen molar-refractivity contribution in [3.05, 3.63) is 56.9 Å². The molecule has 1 aromatic carbocycles. The lowest BCUT2D eigenvalue weighted by Crippen LogP contribution is -2.28. The number of benzene rings is 1. The largest absolute Gasteiger partial charge is 0.396 e. The number of nitriles is 1. The Balaban J connectivity index is 2.74. The van der Waals surface area contributed by atoms with E-state index in [-0.39, 0.29) is 11.3 Å². The maximum absolute atomic E-state index is 11.6. The SMILES string of the molecule is N#Cc1cccc(-n2ccc(=O)[nH]c2=O)c1N. The van der Waals surface area contributed by atoms with E-state index in [9.17, 15) is 9.59 Å². The van der Waals surface area contributed by atoms with Gasteiger partial charge in [0, 0.05) is 12.3 Å². The molecule has 2 rings (SSSR count). The Labute approximate surface area is 95.6 Å². The van der Waals surface area contributed by atoms with Crippen molar-refractivity contribution in [2.24, 2.45) is 0 Å². The van der Waals surface area contributed by atoms with Gasteiger partial charge in [-0.05, 0) is 12.1 Å². The second kappa shape index (κ2) is 3.98. The van der Waals surface area contributed by atoms with Gasteiger partial charge in [-0.3, -0.25) is 14.3 Å². The first-order valence-electron chi connectivity index (χ1n) is 4.74. The van der Waals surface area contributed by atoms with E-state index in [0.717, 1.165) is 0 Å². The number of H-pyrrole nitrogens is 1. The molecule has 0 saturated heterocycles. The lowest BCUT2D eigenvalue weighted by atomic mass is 10.1. The third-order valence-corrected chi connectivity index (χ3v) is 2.29. The standard InChI is InChI=1S/C11H8N4O2/c12-6-7-2-1-3-8(10(7)13)15-5-4-9(16)14-11(15)17/h1-5H,13H2,(H,14,16,17). The molecule has 0 aliphatic heterocycles. The third kappa shape index (κ3) is 1.81. The van der Waals surface area contributed by atoms with Gasteiger partial charge < -0.3 is 5.73 Å². The average molecular weight is 228 g/mol. The highest BCUT2D eigenvalue weighted by Gasteiger charge is 2.07. The first-order valence-corrected chi connectivity index (χ1v) is 4.74. The molecule has 1 aromatic heterocycles. The Morgan fingerprint density at radius 3 is 2.71 bits per heavy atom. The monoisotopic (exact) mass is 228 g/mol. The molecule has 0 aliphatic rings. The summed E-state index contributed by atoms with van der Waals surface area (Å²) in [4.78, 5) is 24.6. The first-order chi connectivity index (χ1) is 8.13. The summed E-state index contributed by atoms with van der Waals surface area (Å²) in [6, 6.07) is 7.89. The van der Waals surface area contributed by atoms with Crippen molar-refractivity contribution in [2.75, 3.05) is 5.73 Å². The summed E-state index contributed by atoms with van der Waals surface area (Å²) < 4.78 is 1.18. The molecule has 0 unspecified atom stereocenters. The Kier molecular flexibility index (Phi) is 2.51. The summed E-state index contributed by atoms with van der Waals surface area (Å²) in [6.45, 7) is 0. The van der Waals surface area contributed by atoms with Gasteiger partial charge in [-0.2, -0.15) is 5.26 Å². The predicted octanol–water partition coefficient (Wildman–Crippen LogP) is -0.0203. The number of nitrogens with one attached hydrogen (secondary N) is 1. The summed E-state index contributed by atoms with van der Waals surface area (Å²) in [5.41, 5.74) is 5.52. The van der Waals surface area contributed by atoms with Gasteiger partial charge >= 0.3 is 5.69 Å². The van der Waals surface area contributed by atoms with Crippen molar-refractivity contribution in [3.63, 3.8) is 0 Å². The number of aromatic nitrogens is 2. The zero-order chi connectivity index (χ0) is 12.4. The van der Waals surface area contributed by atoms with E-state index < -0.39 is 11.2 Å². The number of nitrogens with two attached hydrogens (primary N) is 1. The van der Waals surface area contributed by atoms with Crippen molar-refractivity contribution in [2.45, 2.75) is 0 Å². The minimum atomic E-state index is -0.598. The van der Waals surface area contributed by atoms with Crippen molar-refractivity contribution in [1.29, 1.82) is 5.26 Å². The Hall–Kier alpha value is -2.81. The summed E-state index contributed by atoms with van der Waals surface area (Å²) in [6.07, 6.45) is 1.31. The molecule has 6 nitrogen and oxygen atoms in total. The molecule has 0 saturated carbocycles. The molecule has 6 heteroatoms. The van der Waals surface area contributed by atoms with Crippen LogP contribution in [-0.4, -0.2) is 9.55 Å². The van der Waals surface area contributed by atoms with Crippen LogP contribution in [0.25, 0.3) is 5.69 Å². The average Bonchev–Trinajstić information content (AvgIpc) is 2.30. The molecule has 3 N–H and O–H groups in total. The van der Waals surface area contributed by atoms with Crippen LogP contribution in [0, 0.1) is 11.3 Å². The molecule has 84 valence electrons. The second-order valence-electron chi connectivity index (χ2n) is 3.33. The molecule has 17 heavy (non-hydrogen) atoms.